The van der Waals surface area contributed by atoms with Crippen LogP contribution >= 0.6 is 0 Å². The van der Waals surface area contributed by atoms with Gasteiger partial charge < -0.3 is 25.2 Å². The third kappa shape index (κ3) is 2.21. The molecular weight excluding hydrogens is 324 g/mol. The fourth-order valence-electron chi connectivity index (χ4n) is 2.87. The lowest BCUT2D eigenvalue weighted by atomic mass is 9.98. The largest absolute Gasteiger partial charge is 0.394 e. The molecule has 1 aliphatic rings. The van der Waals surface area contributed by atoms with Crippen LogP contribution in [0.5, 0.6) is 0 Å². The number of imidazole rings is 1. The number of fused-ring (bicyclic) bond motifs is 1. The Bertz CT molecular complexity index is 883. The van der Waals surface area contributed by atoms with E-state index in [-0.39, 0.29) is 11.2 Å². The first kappa shape index (κ1) is 16.8. The minimum Gasteiger partial charge on any atom is -0.394 e. The summed E-state index contributed by atoms with van der Waals surface area (Å²) in [5.74, 6) is 0. The van der Waals surface area contributed by atoms with E-state index in [1.807, 2.05) is 0 Å². The van der Waals surface area contributed by atoms with E-state index in [1.165, 1.54) is 25.0 Å². The maximum atomic E-state index is 12.4. The molecule has 4 N–H and O–H groups in total. The molecule has 24 heavy (non-hydrogen) atoms. The Labute approximate surface area is 134 Å². The molecular formula is C13H18N4O7. The number of ether oxygens (including phenoxy) is 1. The van der Waals surface area contributed by atoms with Crippen LogP contribution < -0.4 is 11.2 Å². The summed E-state index contributed by atoms with van der Waals surface area (Å²) in [4.78, 5) is 28.4. The molecule has 0 unspecified atom stereocenters. The van der Waals surface area contributed by atoms with E-state index < -0.39 is 48.5 Å². The van der Waals surface area contributed by atoms with Gasteiger partial charge in [-0.3, -0.25) is 18.5 Å². The summed E-state index contributed by atoms with van der Waals surface area (Å²) < 4.78 is 8.65. The van der Waals surface area contributed by atoms with Crippen molar-refractivity contribution in [1.29, 1.82) is 0 Å². The van der Waals surface area contributed by atoms with Crippen LogP contribution in [0.2, 0.25) is 0 Å². The van der Waals surface area contributed by atoms with Gasteiger partial charge in [0.15, 0.2) is 17.4 Å². The fourth-order valence-corrected chi connectivity index (χ4v) is 2.87. The van der Waals surface area contributed by atoms with E-state index in [1.54, 1.807) is 0 Å². The van der Waals surface area contributed by atoms with Crippen molar-refractivity contribution in [2.75, 3.05) is 6.61 Å². The van der Waals surface area contributed by atoms with E-state index in [0.29, 0.717) is 0 Å². The molecule has 0 aliphatic carbocycles. The normalized spacial score (nSPS) is 30.8. The quantitative estimate of drug-likeness (QED) is 0.437. The Kier molecular flexibility index (Phi) is 4.05. The lowest BCUT2D eigenvalue weighted by molar-refractivity contribution is -0.250. The number of aromatic nitrogens is 4. The van der Waals surface area contributed by atoms with Gasteiger partial charge in [0.1, 0.15) is 24.4 Å². The summed E-state index contributed by atoms with van der Waals surface area (Å²) in [7, 11) is 2.74. The summed E-state index contributed by atoms with van der Waals surface area (Å²) in [5.41, 5.74) is -1.14. The molecule has 132 valence electrons. The van der Waals surface area contributed by atoms with Crippen LogP contribution in [0.25, 0.3) is 11.2 Å². The highest BCUT2D eigenvalue weighted by molar-refractivity contribution is 5.70. The number of nitrogens with zero attached hydrogens (tertiary/aromatic N) is 4. The van der Waals surface area contributed by atoms with Gasteiger partial charge in [-0.05, 0) is 0 Å². The molecule has 1 fully saturated rings. The Hall–Kier alpha value is -2.05. The van der Waals surface area contributed by atoms with Crippen molar-refractivity contribution < 1.29 is 25.2 Å². The number of hydrogen-bond donors (Lipinski definition) is 4. The van der Waals surface area contributed by atoms with E-state index in [0.717, 1.165) is 9.13 Å². The topological polar surface area (TPSA) is 152 Å². The molecule has 0 saturated carbocycles. The van der Waals surface area contributed by atoms with E-state index >= 15 is 0 Å². The predicted octanol–water partition coefficient (Wildman–Crippen LogP) is -3.59. The van der Waals surface area contributed by atoms with E-state index in [2.05, 4.69) is 4.98 Å². The van der Waals surface area contributed by atoms with Gasteiger partial charge in [-0.2, -0.15) is 0 Å². The Morgan fingerprint density at radius 1 is 1.12 bits per heavy atom. The smallest absolute Gasteiger partial charge is 0.332 e. The minimum atomic E-state index is -1.59. The summed E-state index contributed by atoms with van der Waals surface area (Å²) in [6.07, 6.45) is -5.86. The lowest BCUT2D eigenvalue weighted by Gasteiger charge is -2.40. The molecule has 3 rings (SSSR count). The van der Waals surface area contributed by atoms with Crippen LogP contribution in [0.15, 0.2) is 15.9 Å². The van der Waals surface area contributed by atoms with Crippen molar-refractivity contribution in [3.63, 3.8) is 0 Å². The summed E-state index contributed by atoms with van der Waals surface area (Å²) >= 11 is 0. The molecule has 0 radical (unpaired) electrons. The Morgan fingerprint density at radius 3 is 2.42 bits per heavy atom. The highest BCUT2D eigenvalue weighted by Gasteiger charge is 2.44. The van der Waals surface area contributed by atoms with Gasteiger partial charge in [0, 0.05) is 14.1 Å². The first-order valence-electron chi connectivity index (χ1n) is 7.22. The summed E-state index contributed by atoms with van der Waals surface area (Å²) in [6, 6.07) is 0. The molecule has 0 spiro atoms. The Balaban J connectivity index is 2.20. The molecule has 1 aliphatic heterocycles. The molecule has 11 nitrogen and oxygen atoms in total. The molecule has 5 atom stereocenters. The van der Waals surface area contributed by atoms with Crippen LogP contribution in [0, 0.1) is 0 Å². The van der Waals surface area contributed by atoms with Gasteiger partial charge in [-0.15, -0.1) is 0 Å². The van der Waals surface area contributed by atoms with Crippen LogP contribution in [0.1, 0.15) is 6.23 Å². The molecule has 2 aromatic rings. The zero-order chi connectivity index (χ0) is 17.8. The second-order valence-electron chi connectivity index (χ2n) is 5.75. The van der Waals surface area contributed by atoms with Gasteiger partial charge in [0.2, 0.25) is 0 Å². The second kappa shape index (κ2) is 5.79. The predicted molar refractivity (Wildman–Crippen MR) is 79.2 cm³/mol. The van der Waals surface area contributed by atoms with Gasteiger partial charge in [0.05, 0.1) is 12.9 Å². The van der Waals surface area contributed by atoms with Crippen molar-refractivity contribution in [1.82, 2.24) is 18.7 Å². The van der Waals surface area contributed by atoms with Crippen molar-refractivity contribution >= 4 is 11.2 Å². The number of aliphatic hydroxyl groups excluding tert-OH is 4. The number of hydrogen-bond acceptors (Lipinski definition) is 8. The molecule has 0 amide bonds. The van der Waals surface area contributed by atoms with Crippen LogP contribution in [0.3, 0.4) is 0 Å². The van der Waals surface area contributed by atoms with Gasteiger partial charge in [0.25, 0.3) is 5.56 Å². The van der Waals surface area contributed by atoms with Crippen LogP contribution in [-0.4, -0.2) is 70.1 Å². The van der Waals surface area contributed by atoms with Gasteiger partial charge in [-0.1, -0.05) is 0 Å². The third-order valence-corrected chi connectivity index (χ3v) is 4.31. The van der Waals surface area contributed by atoms with Crippen LogP contribution in [0.4, 0.5) is 0 Å². The molecule has 2 aromatic heterocycles. The summed E-state index contributed by atoms with van der Waals surface area (Å²) in [5, 5.41) is 39.2. The van der Waals surface area contributed by atoms with Gasteiger partial charge in [-0.25, -0.2) is 9.78 Å². The standard InChI is InChI=1S/C13H18N4O7/c1-15-10-6(11(22)16(2)13(15)23)17(4-14-10)12-9(21)8(20)7(19)5(3-18)24-12/h4-5,7-9,12,18-21H,3H2,1-2H3/t5-,7-,8+,9+,12-/m1/s1. The molecule has 0 bridgehead atoms. The fraction of sp³-hybridized carbons (Fsp3) is 0.615. The van der Waals surface area contributed by atoms with Crippen molar-refractivity contribution in [2.24, 2.45) is 14.1 Å². The zero-order valence-electron chi connectivity index (χ0n) is 13.0. The molecule has 0 aromatic carbocycles. The van der Waals surface area contributed by atoms with E-state index in [9.17, 15) is 30.0 Å². The van der Waals surface area contributed by atoms with Gasteiger partial charge >= 0.3 is 5.69 Å². The zero-order valence-corrected chi connectivity index (χ0v) is 13.0. The average molecular weight is 342 g/mol. The monoisotopic (exact) mass is 342 g/mol. The highest BCUT2D eigenvalue weighted by Crippen LogP contribution is 2.29. The Morgan fingerprint density at radius 2 is 1.79 bits per heavy atom. The SMILES string of the molecule is Cn1c(=O)c2c(ncn2[C@@H]2O[C@H](CO)[C@@H](O)[C@H](O)[C@@H]2O)n(C)c1=O. The molecule has 11 heteroatoms. The number of aliphatic hydroxyl groups is 4. The van der Waals surface area contributed by atoms with Crippen molar-refractivity contribution in [3.05, 3.63) is 27.2 Å². The first-order valence-corrected chi connectivity index (χ1v) is 7.22. The lowest BCUT2D eigenvalue weighted by Crippen LogP contribution is -2.56. The number of rotatable bonds is 2. The van der Waals surface area contributed by atoms with Crippen molar-refractivity contribution in [3.8, 4) is 0 Å². The van der Waals surface area contributed by atoms with Crippen LogP contribution in [-0.2, 0) is 18.8 Å². The second-order valence-corrected chi connectivity index (χ2v) is 5.75. The first-order chi connectivity index (χ1) is 11.3. The minimum absolute atomic E-state index is 0.0103. The number of aryl methyl sites for hydroxylation is 1. The summed E-state index contributed by atoms with van der Waals surface area (Å²) in [6.45, 7) is -0.593. The van der Waals surface area contributed by atoms with Crippen molar-refractivity contribution in [2.45, 2.75) is 30.6 Å². The maximum Gasteiger partial charge on any atom is 0.332 e. The third-order valence-electron chi connectivity index (χ3n) is 4.31. The average Bonchev–Trinajstić information content (AvgIpc) is 3.01. The van der Waals surface area contributed by atoms with E-state index in [4.69, 9.17) is 4.74 Å². The molecule has 3 heterocycles. The molecule has 1 saturated heterocycles. The highest BCUT2D eigenvalue weighted by atomic mass is 16.6. The maximum absolute atomic E-state index is 12.4.